The smallest absolute Gasteiger partial charge is 0.358 e. The van der Waals surface area contributed by atoms with E-state index in [0.717, 1.165) is 0 Å². The minimum atomic E-state index is -2.34. The van der Waals surface area contributed by atoms with E-state index < -0.39 is 27.5 Å². The Labute approximate surface area is 71.7 Å². The summed E-state index contributed by atoms with van der Waals surface area (Å²) < 4.78 is 15.4. The van der Waals surface area contributed by atoms with Gasteiger partial charge in [-0.25, -0.2) is 0 Å². The number of fused-ring (bicyclic) bond motifs is 1. The topological polar surface area (TPSA) is 68.2 Å². The van der Waals surface area contributed by atoms with Crippen LogP contribution in [0.3, 0.4) is 0 Å². The molecule has 7 heteroatoms. The Morgan fingerprint density at radius 1 is 1.33 bits per heavy atom. The summed E-state index contributed by atoms with van der Waals surface area (Å²) in [6.45, 7) is 6.04. The molecule has 2 N–H and O–H groups in total. The monoisotopic (exact) mass is 211 g/mol. The molecule has 3 aliphatic rings. The lowest BCUT2D eigenvalue weighted by molar-refractivity contribution is -0.350. The highest BCUT2D eigenvalue weighted by Gasteiger charge is 2.87. The van der Waals surface area contributed by atoms with Crippen LogP contribution >= 0.6 is 7.49 Å². The predicted molar refractivity (Wildman–Crippen MR) is 44.5 cm³/mol. The summed E-state index contributed by atoms with van der Waals surface area (Å²) >= 11 is 0. The van der Waals surface area contributed by atoms with Crippen LogP contribution in [0.25, 0.3) is 0 Å². The highest BCUT2D eigenvalue weighted by molar-refractivity contribution is 7.98. The van der Waals surface area contributed by atoms with Gasteiger partial charge < -0.3 is 10.2 Å². The molecule has 0 aromatic heterocycles. The van der Waals surface area contributed by atoms with E-state index in [-0.39, 0.29) is 0 Å². The first-order valence-corrected chi connectivity index (χ1v) is 9.57. The fourth-order valence-electron chi connectivity index (χ4n) is 1.11. The maximum Gasteiger partial charge on any atom is 0.415 e. The van der Waals surface area contributed by atoms with E-state index >= 15 is 0 Å². The van der Waals surface area contributed by atoms with Crippen LogP contribution in [0.1, 0.15) is 0 Å². The molecule has 5 nitrogen and oxygen atoms in total. The summed E-state index contributed by atoms with van der Waals surface area (Å²) in [7, 11) is -4.09. The third-order valence-electron chi connectivity index (χ3n) is 1.87. The van der Waals surface area contributed by atoms with Crippen molar-refractivity contribution >= 4 is 15.2 Å². The Kier molecular flexibility index (Phi) is 1.57. The Hall–Kier alpha value is 0.447. The minimum Gasteiger partial charge on any atom is -0.358 e. The van der Waals surface area contributed by atoms with Gasteiger partial charge in [-0.3, -0.25) is 0 Å². The van der Waals surface area contributed by atoms with E-state index in [1.807, 2.05) is 19.6 Å². The van der Waals surface area contributed by atoms with E-state index in [4.69, 9.17) is 18.7 Å². The van der Waals surface area contributed by atoms with Crippen LogP contribution in [-0.4, -0.2) is 30.2 Å². The van der Waals surface area contributed by atoms with Crippen LogP contribution in [0.4, 0.5) is 0 Å². The minimum absolute atomic E-state index is 1.34. The number of hydrogen-bond donors (Lipinski definition) is 2. The molecule has 70 valence electrons. The fraction of sp³-hybridized carbons (Fsp3) is 1.00. The van der Waals surface area contributed by atoms with Crippen LogP contribution in [0, 0.1) is 0 Å². The summed E-state index contributed by atoms with van der Waals surface area (Å²) in [5.41, 5.74) is 0. The molecule has 0 spiro atoms. The molecule has 0 aromatic carbocycles. The molecule has 0 amide bonds. The normalized spacial score (nSPS) is 52.2. The van der Waals surface area contributed by atoms with Gasteiger partial charge in [0.15, 0.2) is 0 Å². The average molecular weight is 211 g/mol. The van der Waals surface area contributed by atoms with E-state index in [1.165, 1.54) is 0 Å². The zero-order valence-electron chi connectivity index (χ0n) is 7.14. The Morgan fingerprint density at radius 2 is 1.83 bits per heavy atom. The zero-order chi connectivity index (χ0) is 9.20. The van der Waals surface area contributed by atoms with Crippen LogP contribution in [0.2, 0.25) is 19.6 Å². The van der Waals surface area contributed by atoms with Gasteiger partial charge in [-0.05, 0) is 19.6 Å². The second-order valence-corrected chi connectivity index (χ2v) is 15.5. The molecule has 3 fully saturated rings. The molecule has 2 bridgehead atoms. The Bertz CT molecular complexity index is 215. The molecular weight excluding hydrogens is 199 g/mol. The quantitative estimate of drug-likeness (QED) is 0.491. The molecule has 0 radical (unpaired) electrons. The van der Waals surface area contributed by atoms with Gasteiger partial charge in [0, 0.05) is 0 Å². The van der Waals surface area contributed by atoms with Gasteiger partial charge in [0.2, 0.25) is 0 Å². The molecule has 12 heavy (non-hydrogen) atoms. The first-order chi connectivity index (χ1) is 5.29. The van der Waals surface area contributed by atoms with Gasteiger partial charge in [-0.1, -0.05) is 0 Å². The van der Waals surface area contributed by atoms with Crippen molar-refractivity contribution in [2.75, 3.05) is 0 Å². The molecule has 0 saturated carbocycles. The van der Waals surface area contributed by atoms with Gasteiger partial charge >= 0.3 is 21.2 Å². The molecule has 0 aliphatic carbocycles. The summed E-state index contributed by atoms with van der Waals surface area (Å²) in [5, 5.41) is 18.4. The molecule has 3 saturated heterocycles. The summed E-state index contributed by atoms with van der Waals surface area (Å²) in [6.07, 6.45) is -1.34. The van der Waals surface area contributed by atoms with Gasteiger partial charge in [0.05, 0.1) is 0 Å². The maximum atomic E-state index is 9.29. The van der Waals surface area contributed by atoms with E-state index in [2.05, 4.69) is 0 Å². The first kappa shape index (κ1) is 9.02. The fourth-order valence-corrected chi connectivity index (χ4v) is 7.02. The lowest BCUT2D eigenvalue weighted by atomic mass is 10.5. The molecule has 1 unspecified atom stereocenters. The lowest BCUT2D eigenvalue weighted by Gasteiger charge is -2.34. The molecule has 3 rings (SSSR count). The van der Waals surface area contributed by atoms with Crippen LogP contribution in [-0.2, 0) is 13.6 Å². The van der Waals surface area contributed by atoms with Crippen molar-refractivity contribution in [3.05, 3.63) is 0 Å². The van der Waals surface area contributed by atoms with Crippen molar-refractivity contribution in [2.45, 2.75) is 31.9 Å². The van der Waals surface area contributed by atoms with E-state index in [0.29, 0.717) is 0 Å². The summed E-state index contributed by atoms with van der Waals surface area (Å²) in [5.74, 6) is -1.87. The average Bonchev–Trinajstić information content (AvgIpc) is 2.13. The van der Waals surface area contributed by atoms with Gasteiger partial charge in [-0.2, -0.15) is 0 Å². The number of aliphatic hydroxyl groups excluding tert-OH is 1. The molecular formula is C5H12O5PSi+. The number of aliphatic hydroxyl groups is 2. The van der Waals surface area contributed by atoms with Crippen LogP contribution < -0.4 is 0 Å². The van der Waals surface area contributed by atoms with Gasteiger partial charge in [0.25, 0.3) is 6.29 Å². The predicted octanol–water partition coefficient (Wildman–Crippen LogP) is 0.625. The third-order valence-corrected chi connectivity index (χ3v) is 10.8. The second kappa shape index (κ2) is 2.09. The van der Waals surface area contributed by atoms with Crippen LogP contribution in [0.15, 0.2) is 0 Å². The van der Waals surface area contributed by atoms with Crippen molar-refractivity contribution in [1.29, 1.82) is 0 Å². The molecule has 3 heterocycles. The van der Waals surface area contributed by atoms with Gasteiger partial charge in [-0.15, -0.1) is 13.6 Å². The highest BCUT2D eigenvalue weighted by atomic mass is 31.5. The van der Waals surface area contributed by atoms with Crippen molar-refractivity contribution in [3.63, 3.8) is 0 Å². The standard InChI is InChI=1S/C5H12O5PSi/c1-12(2,3)11-8-4(6)5(7,9-11)10-11/h4,6-7H,1-3H3/q+1. The van der Waals surface area contributed by atoms with Crippen LogP contribution in [0.5, 0.6) is 0 Å². The van der Waals surface area contributed by atoms with Crippen molar-refractivity contribution in [3.8, 4) is 0 Å². The SMILES string of the molecule is C[Si](C)(C)[P+]12OC(O)C(O)(O1)O2. The molecule has 0 aromatic rings. The second-order valence-electron chi connectivity index (χ2n) is 3.94. The largest absolute Gasteiger partial charge is 0.415 e. The van der Waals surface area contributed by atoms with Crippen molar-refractivity contribution in [1.82, 2.24) is 0 Å². The Morgan fingerprint density at radius 3 is 2.00 bits per heavy atom. The van der Waals surface area contributed by atoms with E-state index in [9.17, 15) is 5.11 Å². The lowest BCUT2D eigenvalue weighted by Crippen LogP contribution is -2.48. The number of hydrogen-bond acceptors (Lipinski definition) is 5. The van der Waals surface area contributed by atoms with E-state index in [1.54, 1.807) is 0 Å². The van der Waals surface area contributed by atoms with Gasteiger partial charge in [0.1, 0.15) is 0 Å². The summed E-state index contributed by atoms with van der Waals surface area (Å²) in [4.78, 5) is 0. The third kappa shape index (κ3) is 0.886. The molecule has 3 aliphatic heterocycles. The van der Waals surface area contributed by atoms with Crippen molar-refractivity contribution < 1.29 is 23.8 Å². The highest BCUT2D eigenvalue weighted by Crippen LogP contribution is 2.85. The Balaban J connectivity index is 2.23. The zero-order valence-corrected chi connectivity index (χ0v) is 9.04. The van der Waals surface area contributed by atoms with Crippen molar-refractivity contribution in [2.24, 2.45) is 0 Å². The number of rotatable bonds is 1. The molecule has 1 atom stereocenters. The summed E-state index contributed by atoms with van der Waals surface area (Å²) in [6, 6.07) is 0. The first-order valence-electron chi connectivity index (χ1n) is 3.69. The maximum absolute atomic E-state index is 9.29.